The fraction of sp³-hybridized carbons (Fsp3) is 0.692. The monoisotopic (exact) mass is 552 g/mol. The lowest BCUT2D eigenvalue weighted by Gasteiger charge is -2.29. The number of unbranched alkanes of at least 4 members (excludes halogenated alkanes) is 3. The Morgan fingerprint density at radius 2 is 1.63 bits per heavy atom. The van der Waals surface area contributed by atoms with Crippen molar-refractivity contribution in [2.45, 2.75) is 89.0 Å². The van der Waals surface area contributed by atoms with Crippen molar-refractivity contribution in [3.8, 4) is 0 Å². The maximum atomic E-state index is 13.3. The van der Waals surface area contributed by atoms with Gasteiger partial charge in [-0.15, -0.1) is 0 Å². The van der Waals surface area contributed by atoms with Crippen molar-refractivity contribution in [1.82, 2.24) is 15.5 Å². The average Bonchev–Trinajstić information content (AvgIpc) is 3.67. The maximum Gasteiger partial charge on any atom is 0.253 e. The minimum Gasteiger partial charge on any atom is -0.396 e. The predicted octanol–water partition coefficient (Wildman–Crippen LogP) is 0.580. The molecule has 38 heavy (non-hydrogen) atoms. The third-order valence-corrected chi connectivity index (χ3v) is 8.08. The van der Waals surface area contributed by atoms with Crippen LogP contribution in [0.1, 0.15) is 71.6 Å². The molecular weight excluding hydrogens is 512 g/mol. The predicted molar refractivity (Wildman–Crippen MR) is 143 cm³/mol. The van der Waals surface area contributed by atoms with Gasteiger partial charge in [-0.2, -0.15) is 11.8 Å². The van der Waals surface area contributed by atoms with Crippen LogP contribution in [0.2, 0.25) is 0 Å². The molecule has 5 amide bonds. The fourth-order valence-corrected chi connectivity index (χ4v) is 5.36. The number of nitrogens with one attached hydrogen (secondary N) is 2. The molecule has 212 valence electrons. The first-order chi connectivity index (χ1) is 18.0. The van der Waals surface area contributed by atoms with Crippen LogP contribution < -0.4 is 16.4 Å². The second-order valence-electron chi connectivity index (χ2n) is 10.3. The summed E-state index contributed by atoms with van der Waals surface area (Å²) in [7, 11) is 0. The van der Waals surface area contributed by atoms with Crippen LogP contribution in [0.4, 0.5) is 0 Å². The van der Waals surface area contributed by atoms with Gasteiger partial charge in [0.15, 0.2) is 5.78 Å². The van der Waals surface area contributed by atoms with Crippen LogP contribution in [0, 0.1) is 5.41 Å². The van der Waals surface area contributed by atoms with Crippen molar-refractivity contribution in [2.75, 3.05) is 18.9 Å². The smallest absolute Gasteiger partial charge is 0.253 e. The van der Waals surface area contributed by atoms with Crippen LogP contribution in [0.15, 0.2) is 12.2 Å². The largest absolute Gasteiger partial charge is 0.396 e. The molecular formula is C26H40N4O7S. The molecule has 3 atom stereocenters. The van der Waals surface area contributed by atoms with Gasteiger partial charge in [0, 0.05) is 54.6 Å². The molecule has 11 nitrogen and oxygen atoms in total. The third kappa shape index (κ3) is 9.86. The Hall–Kier alpha value is -2.73. The highest BCUT2D eigenvalue weighted by molar-refractivity contribution is 8.07. The molecule has 0 radical (unpaired) electrons. The number of imide groups is 1. The summed E-state index contributed by atoms with van der Waals surface area (Å²) in [6.07, 6.45) is 5.81. The molecule has 2 aliphatic heterocycles. The van der Waals surface area contributed by atoms with Crippen LogP contribution >= 0.6 is 11.8 Å². The minimum atomic E-state index is -1.00. The maximum absolute atomic E-state index is 13.3. The zero-order chi connectivity index (χ0) is 28.3. The van der Waals surface area contributed by atoms with E-state index < -0.39 is 29.3 Å². The van der Waals surface area contributed by atoms with E-state index in [0.717, 1.165) is 10.7 Å². The molecule has 0 spiro atoms. The van der Waals surface area contributed by atoms with Gasteiger partial charge < -0.3 is 21.5 Å². The van der Waals surface area contributed by atoms with Gasteiger partial charge in [-0.3, -0.25) is 33.7 Å². The van der Waals surface area contributed by atoms with Crippen LogP contribution in [-0.2, 0) is 28.8 Å². The van der Waals surface area contributed by atoms with Crippen LogP contribution in [0.25, 0.3) is 0 Å². The lowest BCUT2D eigenvalue weighted by molar-refractivity contribution is -0.137. The zero-order valence-electron chi connectivity index (χ0n) is 22.2. The lowest BCUT2D eigenvalue weighted by atomic mass is 9.80. The summed E-state index contributed by atoms with van der Waals surface area (Å²) >= 11 is 1.69. The van der Waals surface area contributed by atoms with Crippen LogP contribution in [-0.4, -0.2) is 81.6 Å². The van der Waals surface area contributed by atoms with Crippen LogP contribution in [0.5, 0.6) is 0 Å². The van der Waals surface area contributed by atoms with Gasteiger partial charge in [0.05, 0.1) is 6.04 Å². The second-order valence-corrected chi connectivity index (χ2v) is 11.5. The summed E-state index contributed by atoms with van der Waals surface area (Å²) in [5.74, 6) is -1.23. The van der Waals surface area contributed by atoms with E-state index in [9.17, 15) is 33.9 Å². The van der Waals surface area contributed by atoms with E-state index in [1.165, 1.54) is 12.2 Å². The normalized spacial score (nSPS) is 18.3. The number of carbonyl (C=O) groups excluding carboxylic acids is 6. The quantitative estimate of drug-likeness (QED) is 0.102. The number of primary amides is 1. The first-order valence-corrected chi connectivity index (χ1v) is 14.2. The summed E-state index contributed by atoms with van der Waals surface area (Å²) in [6.45, 7) is 3.68. The van der Waals surface area contributed by atoms with Gasteiger partial charge in [-0.05, 0) is 32.1 Å². The Morgan fingerprint density at radius 3 is 2.21 bits per heavy atom. The number of nitrogens with two attached hydrogens (primary N) is 1. The minimum absolute atomic E-state index is 0.00574. The fourth-order valence-electron chi connectivity index (χ4n) is 4.31. The number of carbonyl (C=O) groups is 6. The van der Waals surface area contributed by atoms with E-state index in [-0.39, 0.29) is 61.2 Å². The summed E-state index contributed by atoms with van der Waals surface area (Å²) in [5, 5.41) is 15.1. The molecule has 1 fully saturated rings. The van der Waals surface area contributed by atoms with Gasteiger partial charge in [0.2, 0.25) is 17.7 Å². The first-order valence-electron chi connectivity index (χ1n) is 13.2. The Morgan fingerprint density at radius 1 is 1.00 bits per heavy atom. The number of hydrogen-bond donors (Lipinski definition) is 4. The Bertz CT molecular complexity index is 915. The highest BCUT2D eigenvalue weighted by Crippen LogP contribution is 2.45. The number of Topliss-reactive ketones (excluding diaryl/α,β-unsaturated/α-hetero) is 1. The molecule has 0 bridgehead atoms. The van der Waals surface area contributed by atoms with Crippen molar-refractivity contribution in [2.24, 2.45) is 11.1 Å². The molecule has 12 heteroatoms. The summed E-state index contributed by atoms with van der Waals surface area (Å²) < 4.78 is 0. The zero-order valence-corrected chi connectivity index (χ0v) is 23.0. The molecule has 1 saturated heterocycles. The van der Waals surface area contributed by atoms with E-state index >= 15 is 0 Å². The molecule has 5 N–H and O–H groups in total. The van der Waals surface area contributed by atoms with Crippen LogP contribution in [0.3, 0.4) is 0 Å². The molecule has 0 aromatic rings. The number of aliphatic hydroxyl groups is 1. The summed E-state index contributed by atoms with van der Waals surface area (Å²) in [6, 6.07) is -1.78. The highest BCUT2D eigenvalue weighted by Gasteiger charge is 2.46. The van der Waals surface area contributed by atoms with E-state index in [0.29, 0.717) is 38.5 Å². The van der Waals surface area contributed by atoms with Crippen molar-refractivity contribution in [3.05, 3.63) is 12.2 Å². The molecule has 0 saturated carbocycles. The van der Waals surface area contributed by atoms with E-state index in [4.69, 9.17) is 5.73 Å². The van der Waals surface area contributed by atoms with Crippen molar-refractivity contribution in [3.63, 3.8) is 0 Å². The summed E-state index contributed by atoms with van der Waals surface area (Å²) in [4.78, 5) is 74.3. The highest BCUT2D eigenvalue weighted by atomic mass is 32.2. The molecule has 0 aliphatic carbocycles. The standard InChI is InChI=1S/C26H40N4O7S/c1-26(2,19-16-38-19)24(36)17(8-5-6-9-20(27)32)29-25(37)18(13-15-31)28-21(33)10-4-3-7-14-30-22(34)11-12-23(30)35/h11-12,17-19,31H,3-10,13-16H2,1-2H3,(H2,27,32)(H,28,33)(H,29,37)/t17-,18-,19?/m0/s1. The van der Waals surface area contributed by atoms with Gasteiger partial charge in [-0.1, -0.05) is 26.7 Å². The average molecular weight is 553 g/mol. The molecule has 1 unspecified atom stereocenters. The SMILES string of the molecule is CC(C)(C(=O)[C@H](CCCCC(N)=O)NC(=O)[C@H](CCO)NC(=O)CCCCCN1C(=O)C=CC1=O)C1CS1. The molecule has 0 aromatic heterocycles. The van der Waals surface area contributed by atoms with Gasteiger partial charge in [-0.25, -0.2) is 0 Å². The number of aliphatic hydroxyl groups excluding tert-OH is 1. The number of nitrogens with zero attached hydrogens (tertiary/aromatic N) is 1. The van der Waals surface area contributed by atoms with Crippen molar-refractivity contribution in [1.29, 1.82) is 0 Å². The molecule has 2 aliphatic rings. The van der Waals surface area contributed by atoms with Gasteiger partial charge in [0.1, 0.15) is 6.04 Å². The third-order valence-electron chi connectivity index (χ3n) is 6.83. The lowest BCUT2D eigenvalue weighted by Crippen LogP contribution is -2.54. The Kier molecular flexibility index (Phi) is 12.4. The second kappa shape index (κ2) is 15.0. The topological polar surface area (TPSA) is 176 Å². The molecule has 0 aromatic carbocycles. The number of amides is 5. The number of thioether (sulfide) groups is 1. The number of ketones is 1. The summed E-state index contributed by atoms with van der Waals surface area (Å²) in [5.41, 5.74) is 4.57. The Labute approximate surface area is 227 Å². The molecule has 2 heterocycles. The first kappa shape index (κ1) is 31.5. The van der Waals surface area contributed by atoms with E-state index in [1.54, 1.807) is 11.8 Å². The number of hydrogen-bond acceptors (Lipinski definition) is 8. The van der Waals surface area contributed by atoms with Gasteiger partial charge >= 0.3 is 0 Å². The number of rotatable bonds is 19. The van der Waals surface area contributed by atoms with Crippen molar-refractivity contribution < 1.29 is 33.9 Å². The Balaban J connectivity index is 1.87. The molecule has 2 rings (SSSR count). The van der Waals surface area contributed by atoms with Gasteiger partial charge in [0.25, 0.3) is 11.8 Å². The van der Waals surface area contributed by atoms with E-state index in [1.807, 2.05) is 13.8 Å². The van der Waals surface area contributed by atoms with E-state index in [2.05, 4.69) is 10.6 Å². The van der Waals surface area contributed by atoms with Crippen molar-refractivity contribution >= 4 is 47.1 Å².